The molecule has 2 N–H and O–H groups in total. The third-order valence-electron chi connectivity index (χ3n) is 4.00. The van der Waals surface area contributed by atoms with Crippen molar-refractivity contribution in [1.29, 1.82) is 0 Å². The van der Waals surface area contributed by atoms with E-state index in [4.69, 9.17) is 14.2 Å². The number of para-hydroxylation sites is 2. The Morgan fingerprint density at radius 1 is 0.485 bits per heavy atom. The largest absolute Gasteiger partial charge is 0.508 e. The lowest BCUT2D eigenvalue weighted by Gasteiger charge is -2.04. The predicted octanol–water partition coefficient (Wildman–Crippen LogP) is 7.41. The Labute approximate surface area is 195 Å². The van der Waals surface area contributed by atoms with Gasteiger partial charge in [-0.2, -0.15) is 0 Å². The molecule has 0 aliphatic carbocycles. The minimum atomic E-state index is 0.207. The quantitative estimate of drug-likeness (QED) is 0.323. The second-order valence-corrected chi connectivity index (χ2v) is 6.61. The van der Waals surface area contributed by atoms with Crippen molar-refractivity contribution in [3.63, 3.8) is 0 Å². The summed E-state index contributed by atoms with van der Waals surface area (Å²) >= 11 is 0. The number of phenols is 2. The minimum Gasteiger partial charge on any atom is -0.508 e. The number of rotatable bonds is 6. The number of hydrogen-bond donors (Lipinski definition) is 2. The molecule has 172 valence electrons. The van der Waals surface area contributed by atoms with Gasteiger partial charge in [-0.3, -0.25) is 0 Å². The fraction of sp³-hybridized carbons (Fsp3) is 0.143. The summed E-state index contributed by atoms with van der Waals surface area (Å²) in [6, 6.07) is 32.4. The van der Waals surface area contributed by atoms with Gasteiger partial charge >= 0.3 is 0 Å². The van der Waals surface area contributed by atoms with E-state index >= 15 is 0 Å². The summed E-state index contributed by atoms with van der Waals surface area (Å²) in [7, 11) is 0. The smallest absolute Gasteiger partial charge is 0.131 e. The molecule has 4 aromatic rings. The van der Waals surface area contributed by atoms with Crippen LogP contribution < -0.4 is 9.47 Å². The lowest BCUT2D eigenvalue weighted by atomic mass is 10.3. The monoisotopic (exact) mass is 446 g/mol. The second kappa shape index (κ2) is 14.9. The molecular weight excluding hydrogens is 416 g/mol. The highest BCUT2D eigenvalue weighted by Gasteiger charge is 1.97. The maximum absolute atomic E-state index is 9.21. The molecule has 0 aromatic heterocycles. The zero-order chi connectivity index (χ0) is 23.7. The van der Waals surface area contributed by atoms with Crippen LogP contribution in [0.3, 0.4) is 0 Å². The predicted molar refractivity (Wildman–Crippen MR) is 131 cm³/mol. The van der Waals surface area contributed by atoms with Gasteiger partial charge < -0.3 is 24.4 Å². The molecule has 0 aliphatic rings. The number of aromatic hydroxyl groups is 2. The summed E-state index contributed by atoms with van der Waals surface area (Å²) in [5.41, 5.74) is 0. The zero-order valence-electron chi connectivity index (χ0n) is 18.9. The molecule has 0 atom stereocenters. The van der Waals surface area contributed by atoms with E-state index in [0.29, 0.717) is 11.5 Å². The van der Waals surface area contributed by atoms with Crippen LogP contribution in [0.4, 0.5) is 0 Å². The van der Waals surface area contributed by atoms with Crippen LogP contribution in [0.5, 0.6) is 34.5 Å². The highest BCUT2D eigenvalue weighted by molar-refractivity contribution is 5.36. The van der Waals surface area contributed by atoms with Gasteiger partial charge in [0.15, 0.2) is 0 Å². The van der Waals surface area contributed by atoms with Crippen molar-refractivity contribution in [3.8, 4) is 34.5 Å². The number of hydrogen-bond acceptors (Lipinski definition) is 5. The number of benzene rings is 4. The van der Waals surface area contributed by atoms with Gasteiger partial charge in [-0.25, -0.2) is 0 Å². The SMILES string of the molecule is CCOCC.Oc1cccc(Oc2ccccc2)c1.Oc1cccc(Oc2ccccc2)c1. The average molecular weight is 447 g/mol. The van der Waals surface area contributed by atoms with E-state index in [9.17, 15) is 10.2 Å². The van der Waals surface area contributed by atoms with Gasteiger partial charge in [0, 0.05) is 25.3 Å². The summed E-state index contributed by atoms with van der Waals surface area (Å²) in [6.45, 7) is 5.67. The molecule has 0 saturated carbocycles. The maximum Gasteiger partial charge on any atom is 0.131 e. The topological polar surface area (TPSA) is 68.2 Å². The van der Waals surface area contributed by atoms with Crippen molar-refractivity contribution in [2.75, 3.05) is 13.2 Å². The lowest BCUT2D eigenvalue weighted by Crippen LogP contribution is -1.84. The molecule has 0 amide bonds. The van der Waals surface area contributed by atoms with Crippen LogP contribution in [-0.2, 0) is 4.74 Å². The highest BCUT2D eigenvalue weighted by atomic mass is 16.5. The average Bonchev–Trinajstić information content (AvgIpc) is 2.82. The zero-order valence-corrected chi connectivity index (χ0v) is 18.9. The third kappa shape index (κ3) is 10.8. The summed E-state index contributed by atoms with van der Waals surface area (Å²) < 4.78 is 15.8. The minimum absolute atomic E-state index is 0.207. The van der Waals surface area contributed by atoms with Gasteiger partial charge in [0.25, 0.3) is 0 Å². The van der Waals surface area contributed by atoms with Gasteiger partial charge in [0.2, 0.25) is 0 Å². The number of phenolic OH excluding ortho intramolecular Hbond substituents is 2. The van der Waals surface area contributed by atoms with Crippen LogP contribution in [0, 0.1) is 0 Å². The first kappa shape index (κ1) is 25.3. The first-order chi connectivity index (χ1) is 16.1. The highest BCUT2D eigenvalue weighted by Crippen LogP contribution is 2.24. The van der Waals surface area contributed by atoms with E-state index in [0.717, 1.165) is 24.7 Å². The molecule has 0 radical (unpaired) electrons. The Bertz CT molecular complexity index is 951. The fourth-order valence-corrected chi connectivity index (χ4v) is 2.55. The van der Waals surface area contributed by atoms with Crippen LogP contribution in [0.15, 0.2) is 109 Å². The van der Waals surface area contributed by atoms with Crippen molar-refractivity contribution in [1.82, 2.24) is 0 Å². The van der Waals surface area contributed by atoms with Crippen molar-refractivity contribution >= 4 is 0 Å². The first-order valence-electron chi connectivity index (χ1n) is 10.7. The molecule has 5 heteroatoms. The van der Waals surface area contributed by atoms with Gasteiger partial charge in [-0.1, -0.05) is 48.5 Å². The Morgan fingerprint density at radius 2 is 0.848 bits per heavy atom. The van der Waals surface area contributed by atoms with E-state index in [1.54, 1.807) is 48.5 Å². The van der Waals surface area contributed by atoms with E-state index in [1.807, 2.05) is 74.5 Å². The van der Waals surface area contributed by atoms with Crippen molar-refractivity contribution < 1.29 is 24.4 Å². The Hall–Kier alpha value is -3.96. The fourth-order valence-electron chi connectivity index (χ4n) is 2.55. The normalized spacial score (nSPS) is 9.52. The molecule has 5 nitrogen and oxygen atoms in total. The molecule has 0 saturated heterocycles. The maximum atomic E-state index is 9.21. The molecular formula is C28H30O5. The standard InChI is InChI=1S/2C12H10O2.C4H10O/c2*13-10-5-4-8-12(9-10)14-11-6-2-1-3-7-11;1-3-5-4-2/h2*1-9,13H;3-4H2,1-2H3. The first-order valence-corrected chi connectivity index (χ1v) is 10.7. The van der Waals surface area contributed by atoms with Crippen LogP contribution in [-0.4, -0.2) is 23.4 Å². The van der Waals surface area contributed by atoms with Crippen molar-refractivity contribution in [3.05, 3.63) is 109 Å². The van der Waals surface area contributed by atoms with Gasteiger partial charge in [0.05, 0.1) is 0 Å². The van der Waals surface area contributed by atoms with Gasteiger partial charge in [0.1, 0.15) is 34.5 Å². The second-order valence-electron chi connectivity index (χ2n) is 6.61. The van der Waals surface area contributed by atoms with Gasteiger partial charge in [-0.15, -0.1) is 0 Å². The molecule has 0 unspecified atom stereocenters. The van der Waals surface area contributed by atoms with Crippen molar-refractivity contribution in [2.24, 2.45) is 0 Å². The number of ether oxygens (including phenoxy) is 3. The molecule has 0 bridgehead atoms. The summed E-state index contributed by atoms with van der Waals surface area (Å²) in [5.74, 6) is 3.21. The Balaban J connectivity index is 0.000000195. The molecule has 0 fully saturated rings. The lowest BCUT2D eigenvalue weighted by molar-refractivity contribution is 0.162. The van der Waals surface area contributed by atoms with E-state index in [1.165, 1.54) is 0 Å². The van der Waals surface area contributed by atoms with E-state index < -0.39 is 0 Å². The van der Waals surface area contributed by atoms with E-state index in [-0.39, 0.29) is 11.5 Å². The molecule has 0 heterocycles. The van der Waals surface area contributed by atoms with Crippen LogP contribution in [0.25, 0.3) is 0 Å². The Kier molecular flexibility index (Phi) is 11.5. The molecule has 0 spiro atoms. The summed E-state index contributed by atoms with van der Waals surface area (Å²) in [5, 5.41) is 18.4. The van der Waals surface area contributed by atoms with E-state index in [2.05, 4.69) is 0 Å². The third-order valence-corrected chi connectivity index (χ3v) is 4.00. The molecule has 33 heavy (non-hydrogen) atoms. The summed E-state index contributed by atoms with van der Waals surface area (Å²) in [4.78, 5) is 0. The molecule has 4 aromatic carbocycles. The van der Waals surface area contributed by atoms with Crippen LogP contribution in [0.2, 0.25) is 0 Å². The van der Waals surface area contributed by atoms with Gasteiger partial charge in [-0.05, 0) is 62.4 Å². The van der Waals surface area contributed by atoms with Crippen LogP contribution in [0.1, 0.15) is 13.8 Å². The molecule has 4 rings (SSSR count). The van der Waals surface area contributed by atoms with Crippen LogP contribution >= 0.6 is 0 Å². The Morgan fingerprint density at radius 3 is 1.15 bits per heavy atom. The summed E-state index contributed by atoms with van der Waals surface area (Å²) in [6.07, 6.45) is 0. The van der Waals surface area contributed by atoms with Crippen molar-refractivity contribution in [2.45, 2.75) is 13.8 Å². The molecule has 0 aliphatic heterocycles.